The summed E-state index contributed by atoms with van der Waals surface area (Å²) in [6.45, 7) is 3.10. The predicted molar refractivity (Wildman–Crippen MR) is 58.9 cm³/mol. The number of hydrogen-bond donors (Lipinski definition) is 3. The third-order valence-corrected chi connectivity index (χ3v) is 2.15. The van der Waals surface area contributed by atoms with Crippen molar-refractivity contribution in [3.63, 3.8) is 0 Å². The second-order valence-electron chi connectivity index (χ2n) is 3.32. The van der Waals surface area contributed by atoms with Crippen LogP contribution in [0, 0.1) is 0 Å². The van der Waals surface area contributed by atoms with Gasteiger partial charge in [0.25, 0.3) is 0 Å². The molecule has 1 atom stereocenters. The largest absolute Gasteiger partial charge is 0.465 e. The van der Waals surface area contributed by atoms with Gasteiger partial charge in [-0.3, -0.25) is 0 Å². The zero-order valence-corrected chi connectivity index (χ0v) is 8.73. The number of carboxylic acid groups (broad SMARTS) is 1. The van der Waals surface area contributed by atoms with Crippen LogP contribution in [0.2, 0.25) is 0 Å². The van der Waals surface area contributed by atoms with Crippen LogP contribution in [0.5, 0.6) is 0 Å². The van der Waals surface area contributed by atoms with Gasteiger partial charge in [-0.2, -0.15) is 0 Å². The molecular formula is C11H16N2O2. The van der Waals surface area contributed by atoms with E-state index >= 15 is 0 Å². The lowest BCUT2D eigenvalue weighted by atomic mass is 10.1. The van der Waals surface area contributed by atoms with Gasteiger partial charge in [-0.15, -0.1) is 0 Å². The molecule has 1 rings (SSSR count). The van der Waals surface area contributed by atoms with E-state index in [-0.39, 0.29) is 6.04 Å². The standard InChI is InChI=1S/C11H16N2O2/c1-9(10-5-3-2-4-6-10)12-7-8-13-11(14)15/h2-6,9,12-13H,7-8H2,1H3,(H,14,15). The summed E-state index contributed by atoms with van der Waals surface area (Å²) in [6.07, 6.45) is -0.982. The zero-order valence-electron chi connectivity index (χ0n) is 8.73. The highest BCUT2D eigenvalue weighted by Crippen LogP contribution is 2.09. The lowest BCUT2D eigenvalue weighted by Gasteiger charge is -2.13. The Kier molecular flexibility index (Phi) is 4.63. The second-order valence-corrected chi connectivity index (χ2v) is 3.32. The highest BCUT2D eigenvalue weighted by Gasteiger charge is 2.02. The smallest absolute Gasteiger partial charge is 0.404 e. The average molecular weight is 208 g/mol. The fraction of sp³-hybridized carbons (Fsp3) is 0.364. The molecule has 0 spiro atoms. The van der Waals surface area contributed by atoms with Crippen LogP contribution in [0.15, 0.2) is 30.3 Å². The van der Waals surface area contributed by atoms with E-state index in [1.54, 1.807) is 0 Å². The van der Waals surface area contributed by atoms with E-state index in [4.69, 9.17) is 5.11 Å². The average Bonchev–Trinajstić information content (AvgIpc) is 2.25. The SMILES string of the molecule is CC(NCCNC(=O)O)c1ccccc1. The van der Waals surface area contributed by atoms with Gasteiger partial charge < -0.3 is 15.7 Å². The first-order valence-corrected chi connectivity index (χ1v) is 4.95. The van der Waals surface area contributed by atoms with Gasteiger partial charge in [0.2, 0.25) is 0 Å². The minimum absolute atomic E-state index is 0.238. The summed E-state index contributed by atoms with van der Waals surface area (Å²) in [4.78, 5) is 10.2. The summed E-state index contributed by atoms with van der Waals surface area (Å²) < 4.78 is 0. The molecule has 3 N–H and O–H groups in total. The quantitative estimate of drug-likeness (QED) is 0.644. The van der Waals surface area contributed by atoms with Crippen LogP contribution in [0.3, 0.4) is 0 Å². The van der Waals surface area contributed by atoms with Gasteiger partial charge in [-0.25, -0.2) is 4.79 Å². The van der Waals surface area contributed by atoms with E-state index in [0.29, 0.717) is 13.1 Å². The van der Waals surface area contributed by atoms with Crippen molar-refractivity contribution in [1.29, 1.82) is 0 Å². The molecule has 15 heavy (non-hydrogen) atoms. The molecule has 0 saturated heterocycles. The molecular weight excluding hydrogens is 192 g/mol. The molecule has 0 aliphatic heterocycles. The molecule has 0 aliphatic carbocycles. The van der Waals surface area contributed by atoms with Gasteiger partial charge in [0.1, 0.15) is 0 Å². The Bertz CT molecular complexity index is 301. The van der Waals surface area contributed by atoms with Crippen molar-refractivity contribution in [2.24, 2.45) is 0 Å². The van der Waals surface area contributed by atoms with E-state index in [1.807, 2.05) is 30.3 Å². The Morgan fingerprint density at radius 3 is 2.60 bits per heavy atom. The molecule has 4 nitrogen and oxygen atoms in total. The van der Waals surface area contributed by atoms with Crippen LogP contribution >= 0.6 is 0 Å². The Balaban J connectivity index is 2.25. The van der Waals surface area contributed by atoms with E-state index < -0.39 is 6.09 Å². The van der Waals surface area contributed by atoms with Crippen molar-refractivity contribution in [2.75, 3.05) is 13.1 Å². The summed E-state index contributed by atoms with van der Waals surface area (Å²) in [5, 5.41) is 13.9. The summed E-state index contributed by atoms with van der Waals surface area (Å²) in [5.41, 5.74) is 1.20. The monoisotopic (exact) mass is 208 g/mol. The summed E-state index contributed by atoms with van der Waals surface area (Å²) in [5.74, 6) is 0. The minimum atomic E-state index is -0.982. The number of benzene rings is 1. The lowest BCUT2D eigenvalue weighted by Crippen LogP contribution is -2.31. The Labute approximate surface area is 89.3 Å². The molecule has 1 unspecified atom stereocenters. The van der Waals surface area contributed by atoms with Crippen molar-refractivity contribution in [1.82, 2.24) is 10.6 Å². The maximum atomic E-state index is 10.2. The van der Waals surface area contributed by atoms with Crippen LogP contribution < -0.4 is 10.6 Å². The molecule has 0 heterocycles. The molecule has 0 fully saturated rings. The molecule has 1 amide bonds. The molecule has 0 aliphatic rings. The van der Waals surface area contributed by atoms with Crippen LogP contribution in [0.4, 0.5) is 4.79 Å². The normalized spacial score (nSPS) is 12.1. The zero-order chi connectivity index (χ0) is 11.1. The van der Waals surface area contributed by atoms with E-state index in [0.717, 1.165) is 0 Å². The molecule has 0 bridgehead atoms. The minimum Gasteiger partial charge on any atom is -0.465 e. The van der Waals surface area contributed by atoms with E-state index in [1.165, 1.54) is 5.56 Å². The van der Waals surface area contributed by atoms with Gasteiger partial charge in [0.05, 0.1) is 0 Å². The Morgan fingerprint density at radius 2 is 2.00 bits per heavy atom. The number of rotatable bonds is 5. The maximum absolute atomic E-state index is 10.2. The number of carbonyl (C=O) groups is 1. The van der Waals surface area contributed by atoms with Gasteiger partial charge in [0.15, 0.2) is 0 Å². The highest BCUT2D eigenvalue weighted by molar-refractivity contribution is 5.64. The first-order chi connectivity index (χ1) is 7.20. The molecule has 0 saturated carbocycles. The first kappa shape index (κ1) is 11.5. The summed E-state index contributed by atoms with van der Waals surface area (Å²) in [6, 6.07) is 10.3. The van der Waals surface area contributed by atoms with E-state index in [2.05, 4.69) is 17.6 Å². The Morgan fingerprint density at radius 1 is 1.33 bits per heavy atom. The van der Waals surface area contributed by atoms with Gasteiger partial charge in [0, 0.05) is 19.1 Å². The summed E-state index contributed by atoms with van der Waals surface area (Å²) in [7, 11) is 0. The maximum Gasteiger partial charge on any atom is 0.404 e. The Hall–Kier alpha value is -1.55. The van der Waals surface area contributed by atoms with Crippen LogP contribution in [-0.2, 0) is 0 Å². The van der Waals surface area contributed by atoms with Gasteiger partial charge in [-0.05, 0) is 12.5 Å². The van der Waals surface area contributed by atoms with Crippen LogP contribution in [0.1, 0.15) is 18.5 Å². The van der Waals surface area contributed by atoms with Crippen molar-refractivity contribution >= 4 is 6.09 Å². The predicted octanol–water partition coefficient (Wildman–Crippen LogP) is 1.60. The van der Waals surface area contributed by atoms with Gasteiger partial charge in [-0.1, -0.05) is 30.3 Å². The number of nitrogens with one attached hydrogen (secondary N) is 2. The number of amides is 1. The van der Waals surface area contributed by atoms with Crippen LogP contribution in [-0.4, -0.2) is 24.3 Å². The molecule has 4 heteroatoms. The lowest BCUT2D eigenvalue weighted by molar-refractivity contribution is 0.194. The molecule has 1 aromatic carbocycles. The fourth-order valence-electron chi connectivity index (χ4n) is 1.32. The second kappa shape index (κ2) is 6.03. The number of hydrogen-bond acceptors (Lipinski definition) is 2. The summed E-state index contributed by atoms with van der Waals surface area (Å²) >= 11 is 0. The van der Waals surface area contributed by atoms with Crippen molar-refractivity contribution in [3.05, 3.63) is 35.9 Å². The first-order valence-electron chi connectivity index (χ1n) is 4.95. The van der Waals surface area contributed by atoms with E-state index in [9.17, 15) is 4.79 Å². The third-order valence-electron chi connectivity index (χ3n) is 2.15. The molecule has 1 aromatic rings. The van der Waals surface area contributed by atoms with Crippen molar-refractivity contribution in [2.45, 2.75) is 13.0 Å². The highest BCUT2D eigenvalue weighted by atomic mass is 16.4. The van der Waals surface area contributed by atoms with Crippen molar-refractivity contribution < 1.29 is 9.90 Å². The van der Waals surface area contributed by atoms with Crippen molar-refractivity contribution in [3.8, 4) is 0 Å². The third kappa shape index (κ3) is 4.46. The van der Waals surface area contributed by atoms with Crippen LogP contribution in [0.25, 0.3) is 0 Å². The molecule has 82 valence electrons. The molecule has 0 radical (unpaired) electrons. The molecule has 0 aromatic heterocycles. The van der Waals surface area contributed by atoms with Gasteiger partial charge >= 0.3 is 6.09 Å². The topological polar surface area (TPSA) is 61.4 Å². The fourth-order valence-corrected chi connectivity index (χ4v) is 1.32.